The lowest BCUT2D eigenvalue weighted by Gasteiger charge is -2.16. The topological polar surface area (TPSA) is 49.3 Å². The third kappa shape index (κ3) is 4.10. The predicted molar refractivity (Wildman–Crippen MR) is 74.8 cm³/mol. The number of benzene rings is 2. The third-order valence-corrected chi connectivity index (χ3v) is 3.06. The summed E-state index contributed by atoms with van der Waals surface area (Å²) >= 11 is 0. The maximum absolute atomic E-state index is 13.5. The van der Waals surface area contributed by atoms with Gasteiger partial charge in [-0.25, -0.2) is 8.78 Å². The van der Waals surface area contributed by atoms with Crippen LogP contribution in [0.2, 0.25) is 0 Å². The van der Waals surface area contributed by atoms with Crippen molar-refractivity contribution in [3.05, 3.63) is 71.3 Å². The molecule has 0 aliphatic heterocycles. The first-order valence-electron chi connectivity index (χ1n) is 6.51. The molecule has 2 aromatic rings. The minimum atomic E-state index is -0.927. The zero-order chi connectivity index (χ0) is 15.2. The molecule has 2 rings (SSSR count). The molecule has 0 aliphatic rings. The molecular weight excluding hydrogens is 276 g/mol. The van der Waals surface area contributed by atoms with Crippen molar-refractivity contribution >= 4 is 5.91 Å². The van der Waals surface area contributed by atoms with Crippen molar-refractivity contribution in [2.75, 3.05) is 6.61 Å². The number of hydrogen-bond acceptors (Lipinski definition) is 2. The second kappa shape index (κ2) is 6.95. The normalized spacial score (nSPS) is 12.0. The van der Waals surface area contributed by atoms with E-state index in [0.29, 0.717) is 12.5 Å². The molecule has 110 valence electrons. The van der Waals surface area contributed by atoms with Gasteiger partial charge in [0.15, 0.2) is 0 Å². The van der Waals surface area contributed by atoms with Gasteiger partial charge in [-0.05, 0) is 24.1 Å². The molecule has 0 fully saturated rings. The van der Waals surface area contributed by atoms with Crippen LogP contribution in [0.25, 0.3) is 0 Å². The molecule has 21 heavy (non-hydrogen) atoms. The maximum atomic E-state index is 13.5. The predicted octanol–water partition coefficient (Wildman–Crippen LogP) is 2.30. The molecule has 0 radical (unpaired) electrons. The molecule has 1 unspecified atom stereocenters. The minimum Gasteiger partial charge on any atom is -0.394 e. The Bertz CT molecular complexity index is 617. The summed E-state index contributed by atoms with van der Waals surface area (Å²) in [5.74, 6) is -2.35. The molecule has 0 bridgehead atoms. The van der Waals surface area contributed by atoms with Gasteiger partial charge in [0.2, 0.25) is 0 Å². The third-order valence-electron chi connectivity index (χ3n) is 3.06. The van der Waals surface area contributed by atoms with Gasteiger partial charge in [0.05, 0.1) is 18.2 Å². The molecule has 0 aromatic heterocycles. The summed E-state index contributed by atoms with van der Waals surface area (Å²) in [4.78, 5) is 12.0. The molecule has 0 spiro atoms. The number of aliphatic hydroxyl groups excluding tert-OH is 1. The number of halogens is 2. The van der Waals surface area contributed by atoms with Gasteiger partial charge in [0.1, 0.15) is 11.6 Å². The molecule has 3 nitrogen and oxygen atoms in total. The number of aliphatic hydroxyl groups is 1. The minimum absolute atomic E-state index is 0.247. The number of nitrogens with one attached hydrogen (secondary N) is 1. The van der Waals surface area contributed by atoms with Crippen molar-refractivity contribution in [3.63, 3.8) is 0 Å². The fourth-order valence-electron chi connectivity index (χ4n) is 2.00. The Balaban J connectivity index is 2.06. The van der Waals surface area contributed by atoms with Crippen LogP contribution in [0, 0.1) is 11.6 Å². The van der Waals surface area contributed by atoms with E-state index < -0.39 is 23.6 Å². The maximum Gasteiger partial charge on any atom is 0.254 e. The van der Waals surface area contributed by atoms with E-state index in [9.17, 15) is 18.7 Å². The highest BCUT2D eigenvalue weighted by Gasteiger charge is 2.17. The van der Waals surface area contributed by atoms with E-state index in [4.69, 9.17) is 0 Å². The molecule has 1 amide bonds. The fourth-order valence-corrected chi connectivity index (χ4v) is 2.00. The highest BCUT2D eigenvalue weighted by molar-refractivity contribution is 5.94. The summed E-state index contributed by atoms with van der Waals surface area (Å²) in [7, 11) is 0. The molecular formula is C16H15F2NO2. The average molecular weight is 291 g/mol. The van der Waals surface area contributed by atoms with Gasteiger partial charge in [-0.1, -0.05) is 30.3 Å². The Morgan fingerprint density at radius 1 is 1.14 bits per heavy atom. The SMILES string of the molecule is O=C(NC(CO)Cc1ccccc1)c1ccc(F)cc1F. The van der Waals surface area contributed by atoms with Gasteiger partial charge in [0, 0.05) is 6.07 Å². The summed E-state index contributed by atoms with van der Waals surface area (Å²) in [6.45, 7) is -0.274. The second-order valence-corrected chi connectivity index (χ2v) is 4.67. The Hall–Kier alpha value is -2.27. The van der Waals surface area contributed by atoms with E-state index in [0.717, 1.165) is 17.7 Å². The summed E-state index contributed by atoms with van der Waals surface area (Å²) < 4.78 is 26.3. The summed E-state index contributed by atoms with van der Waals surface area (Å²) in [5.41, 5.74) is 0.694. The van der Waals surface area contributed by atoms with Crippen molar-refractivity contribution in [1.29, 1.82) is 0 Å². The molecule has 5 heteroatoms. The molecule has 2 N–H and O–H groups in total. The van der Waals surface area contributed by atoms with Gasteiger partial charge >= 0.3 is 0 Å². The number of carbonyl (C=O) groups excluding carboxylic acids is 1. The Morgan fingerprint density at radius 3 is 2.48 bits per heavy atom. The van der Waals surface area contributed by atoms with Gasteiger partial charge in [-0.3, -0.25) is 4.79 Å². The number of carbonyl (C=O) groups is 1. The average Bonchev–Trinajstić information content (AvgIpc) is 2.47. The summed E-state index contributed by atoms with van der Waals surface area (Å²) in [6, 6.07) is 11.5. The number of amides is 1. The van der Waals surface area contributed by atoms with E-state index in [-0.39, 0.29) is 12.2 Å². The van der Waals surface area contributed by atoms with Crippen molar-refractivity contribution in [2.24, 2.45) is 0 Å². The molecule has 0 saturated heterocycles. The quantitative estimate of drug-likeness (QED) is 0.888. The Labute approximate surface area is 121 Å². The van der Waals surface area contributed by atoms with Crippen LogP contribution in [0.3, 0.4) is 0 Å². The van der Waals surface area contributed by atoms with E-state index >= 15 is 0 Å². The zero-order valence-electron chi connectivity index (χ0n) is 11.2. The van der Waals surface area contributed by atoms with Gasteiger partial charge in [-0.2, -0.15) is 0 Å². The van der Waals surface area contributed by atoms with Gasteiger partial charge in [-0.15, -0.1) is 0 Å². The first-order chi connectivity index (χ1) is 10.1. The van der Waals surface area contributed by atoms with Crippen LogP contribution < -0.4 is 5.32 Å². The molecule has 0 heterocycles. The first-order valence-corrected chi connectivity index (χ1v) is 6.51. The van der Waals surface area contributed by atoms with Crippen molar-refractivity contribution in [2.45, 2.75) is 12.5 Å². The molecule has 2 aromatic carbocycles. The fraction of sp³-hybridized carbons (Fsp3) is 0.188. The van der Waals surface area contributed by atoms with Gasteiger partial charge in [0.25, 0.3) is 5.91 Å². The first kappa shape index (κ1) is 15.1. The monoisotopic (exact) mass is 291 g/mol. The van der Waals surface area contributed by atoms with Crippen LogP contribution in [0.4, 0.5) is 8.78 Å². The van der Waals surface area contributed by atoms with Crippen LogP contribution in [0.1, 0.15) is 15.9 Å². The number of rotatable bonds is 5. The lowest BCUT2D eigenvalue weighted by atomic mass is 10.1. The lowest BCUT2D eigenvalue weighted by Crippen LogP contribution is -2.39. The second-order valence-electron chi connectivity index (χ2n) is 4.67. The molecule has 1 atom stereocenters. The lowest BCUT2D eigenvalue weighted by molar-refractivity contribution is 0.0912. The van der Waals surface area contributed by atoms with E-state index in [1.54, 1.807) is 0 Å². The van der Waals surface area contributed by atoms with Crippen LogP contribution in [-0.4, -0.2) is 23.7 Å². The molecule has 0 saturated carbocycles. The Morgan fingerprint density at radius 2 is 1.86 bits per heavy atom. The highest BCUT2D eigenvalue weighted by atomic mass is 19.1. The van der Waals surface area contributed by atoms with E-state index in [2.05, 4.69) is 5.32 Å². The van der Waals surface area contributed by atoms with E-state index in [1.807, 2.05) is 30.3 Å². The molecule has 0 aliphatic carbocycles. The van der Waals surface area contributed by atoms with Crippen molar-refractivity contribution in [1.82, 2.24) is 5.32 Å². The summed E-state index contributed by atoms with van der Waals surface area (Å²) in [5, 5.41) is 11.9. The van der Waals surface area contributed by atoms with Crippen LogP contribution in [0.15, 0.2) is 48.5 Å². The number of hydrogen-bond donors (Lipinski definition) is 2. The standard InChI is InChI=1S/C16H15F2NO2/c17-12-6-7-14(15(18)9-12)16(21)19-13(10-20)8-11-4-2-1-3-5-11/h1-7,9,13,20H,8,10H2,(H,19,21). The smallest absolute Gasteiger partial charge is 0.254 e. The van der Waals surface area contributed by atoms with Crippen molar-refractivity contribution in [3.8, 4) is 0 Å². The van der Waals surface area contributed by atoms with E-state index in [1.165, 1.54) is 0 Å². The van der Waals surface area contributed by atoms with Crippen LogP contribution in [0.5, 0.6) is 0 Å². The van der Waals surface area contributed by atoms with Crippen molar-refractivity contribution < 1.29 is 18.7 Å². The van der Waals surface area contributed by atoms with Crippen LogP contribution >= 0.6 is 0 Å². The van der Waals surface area contributed by atoms with Crippen LogP contribution in [-0.2, 0) is 6.42 Å². The summed E-state index contributed by atoms with van der Waals surface area (Å²) in [6.07, 6.45) is 0.423. The Kier molecular flexibility index (Phi) is 5.00. The largest absolute Gasteiger partial charge is 0.394 e. The highest BCUT2D eigenvalue weighted by Crippen LogP contribution is 2.10. The zero-order valence-corrected chi connectivity index (χ0v) is 11.2. The van der Waals surface area contributed by atoms with Gasteiger partial charge < -0.3 is 10.4 Å².